The van der Waals surface area contributed by atoms with E-state index >= 15 is 0 Å². The van der Waals surface area contributed by atoms with Crippen molar-refractivity contribution in [2.24, 2.45) is 5.92 Å². The van der Waals surface area contributed by atoms with E-state index < -0.39 is 0 Å². The molecule has 1 aliphatic carbocycles. The third-order valence-electron chi connectivity index (χ3n) is 4.09. The van der Waals surface area contributed by atoms with Gasteiger partial charge < -0.3 is 15.1 Å². The number of rotatable bonds is 5. The minimum atomic E-state index is -0.243. The zero-order valence-corrected chi connectivity index (χ0v) is 13.8. The summed E-state index contributed by atoms with van der Waals surface area (Å²) in [7, 11) is 0. The van der Waals surface area contributed by atoms with Crippen molar-refractivity contribution in [3.8, 4) is 11.5 Å². The summed E-state index contributed by atoms with van der Waals surface area (Å²) in [6, 6.07) is 14.0. The molecular formula is C19H16N4O3. The first kappa shape index (κ1) is 16.0. The number of benzene rings is 2. The summed E-state index contributed by atoms with van der Waals surface area (Å²) in [5.41, 5.74) is 2.53. The van der Waals surface area contributed by atoms with Crippen LogP contribution in [-0.2, 0) is 4.79 Å². The van der Waals surface area contributed by atoms with Crippen LogP contribution in [0.1, 0.15) is 23.2 Å². The molecule has 0 atom stereocenters. The first-order valence-electron chi connectivity index (χ1n) is 8.28. The topological polar surface area (TPSA) is 97.1 Å². The Kier molecular flexibility index (Phi) is 4.18. The Morgan fingerprint density at radius 3 is 2.50 bits per heavy atom. The predicted octanol–water partition coefficient (Wildman–Crippen LogP) is 3.34. The normalized spacial score (nSPS) is 13.2. The molecule has 2 amide bonds. The van der Waals surface area contributed by atoms with Crippen molar-refractivity contribution in [2.45, 2.75) is 12.8 Å². The van der Waals surface area contributed by atoms with E-state index in [1.54, 1.807) is 42.5 Å². The molecular weight excluding hydrogens is 332 g/mol. The molecule has 1 aliphatic rings. The fourth-order valence-corrected chi connectivity index (χ4v) is 2.53. The van der Waals surface area contributed by atoms with Gasteiger partial charge in [0, 0.05) is 28.4 Å². The average Bonchev–Trinajstić information content (AvgIpc) is 3.37. The molecule has 3 aromatic rings. The Bertz CT molecular complexity index is 932. The fraction of sp³-hybridized carbons (Fsp3) is 0.158. The number of carbonyl (C=O) groups excluding carboxylic acids is 2. The smallest absolute Gasteiger partial charge is 0.255 e. The molecule has 0 saturated heterocycles. The molecule has 0 unspecified atom stereocenters. The Labute approximate surface area is 149 Å². The first-order valence-corrected chi connectivity index (χ1v) is 8.28. The van der Waals surface area contributed by atoms with Gasteiger partial charge in [-0.1, -0.05) is 6.07 Å². The van der Waals surface area contributed by atoms with Gasteiger partial charge >= 0.3 is 0 Å². The highest BCUT2D eigenvalue weighted by Crippen LogP contribution is 2.30. The number of aromatic nitrogens is 2. The Morgan fingerprint density at radius 1 is 1.00 bits per heavy atom. The van der Waals surface area contributed by atoms with Gasteiger partial charge in [-0.25, -0.2) is 0 Å². The van der Waals surface area contributed by atoms with Crippen molar-refractivity contribution >= 4 is 23.2 Å². The van der Waals surface area contributed by atoms with Gasteiger partial charge in [-0.3, -0.25) is 9.59 Å². The lowest BCUT2D eigenvalue weighted by Crippen LogP contribution is -2.14. The van der Waals surface area contributed by atoms with Crippen LogP contribution < -0.4 is 10.6 Å². The van der Waals surface area contributed by atoms with E-state index in [1.165, 1.54) is 6.39 Å². The van der Waals surface area contributed by atoms with Crippen molar-refractivity contribution in [1.82, 2.24) is 10.2 Å². The fourth-order valence-electron chi connectivity index (χ4n) is 2.53. The van der Waals surface area contributed by atoms with E-state index in [2.05, 4.69) is 20.8 Å². The minimum absolute atomic E-state index is 0.0417. The average molecular weight is 348 g/mol. The molecule has 2 aromatic carbocycles. The van der Waals surface area contributed by atoms with Crippen molar-refractivity contribution in [3.63, 3.8) is 0 Å². The van der Waals surface area contributed by atoms with E-state index in [0.717, 1.165) is 18.4 Å². The molecule has 1 saturated carbocycles. The number of hydrogen-bond acceptors (Lipinski definition) is 5. The van der Waals surface area contributed by atoms with E-state index in [4.69, 9.17) is 4.42 Å². The highest BCUT2D eigenvalue weighted by molar-refractivity contribution is 6.05. The van der Waals surface area contributed by atoms with Gasteiger partial charge in [-0.15, -0.1) is 10.2 Å². The van der Waals surface area contributed by atoms with Crippen LogP contribution in [0.2, 0.25) is 0 Å². The molecule has 0 spiro atoms. The van der Waals surface area contributed by atoms with E-state index in [-0.39, 0.29) is 17.7 Å². The van der Waals surface area contributed by atoms with Gasteiger partial charge in [-0.05, 0) is 55.3 Å². The van der Waals surface area contributed by atoms with E-state index in [9.17, 15) is 9.59 Å². The SMILES string of the molecule is O=C(Nc1cccc(-c2nnco2)c1)c1ccc(NC(=O)C2CC2)cc1. The van der Waals surface area contributed by atoms with Crippen LogP contribution in [0.15, 0.2) is 59.3 Å². The maximum absolute atomic E-state index is 12.4. The van der Waals surface area contributed by atoms with Crippen LogP contribution in [0.4, 0.5) is 11.4 Å². The molecule has 1 heterocycles. The molecule has 7 nitrogen and oxygen atoms in total. The van der Waals surface area contributed by atoms with Crippen LogP contribution in [0.3, 0.4) is 0 Å². The lowest BCUT2D eigenvalue weighted by molar-refractivity contribution is -0.117. The standard InChI is InChI=1S/C19H16N4O3/c24-17(12-4-5-12)21-15-8-6-13(7-9-15)18(25)22-16-3-1-2-14(10-16)19-23-20-11-26-19/h1-3,6-12H,4-5H2,(H,21,24)(H,22,25). The zero-order chi connectivity index (χ0) is 17.9. The van der Waals surface area contributed by atoms with Gasteiger partial charge in [0.15, 0.2) is 0 Å². The summed E-state index contributed by atoms with van der Waals surface area (Å²) in [6.45, 7) is 0. The molecule has 2 N–H and O–H groups in total. The predicted molar refractivity (Wildman–Crippen MR) is 95.5 cm³/mol. The van der Waals surface area contributed by atoms with Gasteiger partial charge in [0.05, 0.1) is 0 Å². The highest BCUT2D eigenvalue weighted by Gasteiger charge is 2.29. The Morgan fingerprint density at radius 2 is 1.81 bits per heavy atom. The minimum Gasteiger partial charge on any atom is -0.423 e. The van der Waals surface area contributed by atoms with Crippen LogP contribution in [0, 0.1) is 5.92 Å². The quantitative estimate of drug-likeness (QED) is 0.737. The molecule has 4 rings (SSSR count). The van der Waals surface area contributed by atoms with Crippen LogP contribution in [0.25, 0.3) is 11.5 Å². The second-order valence-electron chi connectivity index (χ2n) is 6.12. The number of anilines is 2. The zero-order valence-electron chi connectivity index (χ0n) is 13.8. The number of hydrogen-bond donors (Lipinski definition) is 2. The maximum Gasteiger partial charge on any atom is 0.255 e. The van der Waals surface area contributed by atoms with Gasteiger partial charge in [-0.2, -0.15) is 0 Å². The summed E-state index contributed by atoms with van der Waals surface area (Å²) in [5, 5.41) is 13.2. The summed E-state index contributed by atoms with van der Waals surface area (Å²) in [5.74, 6) is 0.328. The van der Waals surface area contributed by atoms with Crippen molar-refractivity contribution in [2.75, 3.05) is 10.6 Å². The Balaban J connectivity index is 1.43. The first-order chi connectivity index (χ1) is 12.7. The number of nitrogens with zero attached hydrogens (tertiary/aromatic N) is 2. The Hall–Kier alpha value is -3.48. The number of nitrogens with one attached hydrogen (secondary N) is 2. The maximum atomic E-state index is 12.4. The second-order valence-corrected chi connectivity index (χ2v) is 6.12. The highest BCUT2D eigenvalue weighted by atomic mass is 16.4. The molecule has 7 heteroatoms. The van der Waals surface area contributed by atoms with Crippen LogP contribution in [-0.4, -0.2) is 22.0 Å². The largest absolute Gasteiger partial charge is 0.423 e. The van der Waals surface area contributed by atoms with Crippen molar-refractivity contribution in [3.05, 3.63) is 60.5 Å². The molecule has 1 fully saturated rings. The third kappa shape index (κ3) is 3.61. The number of amides is 2. The summed E-state index contributed by atoms with van der Waals surface area (Å²) in [6.07, 6.45) is 3.16. The molecule has 1 aromatic heterocycles. The molecule has 0 radical (unpaired) electrons. The van der Waals surface area contributed by atoms with Gasteiger partial charge in [0.25, 0.3) is 5.91 Å². The molecule has 26 heavy (non-hydrogen) atoms. The lowest BCUT2D eigenvalue weighted by atomic mass is 10.1. The van der Waals surface area contributed by atoms with E-state index in [0.29, 0.717) is 22.8 Å². The van der Waals surface area contributed by atoms with Gasteiger partial charge in [0.2, 0.25) is 18.2 Å². The van der Waals surface area contributed by atoms with Crippen LogP contribution >= 0.6 is 0 Å². The van der Waals surface area contributed by atoms with Crippen molar-refractivity contribution in [1.29, 1.82) is 0 Å². The molecule has 0 bridgehead atoms. The van der Waals surface area contributed by atoms with Crippen LogP contribution in [0.5, 0.6) is 0 Å². The summed E-state index contributed by atoms with van der Waals surface area (Å²) in [4.78, 5) is 24.2. The lowest BCUT2D eigenvalue weighted by Gasteiger charge is -2.08. The third-order valence-corrected chi connectivity index (χ3v) is 4.09. The second kappa shape index (κ2) is 6.79. The van der Waals surface area contributed by atoms with E-state index in [1.807, 2.05) is 6.07 Å². The number of carbonyl (C=O) groups is 2. The molecule has 0 aliphatic heterocycles. The summed E-state index contributed by atoms with van der Waals surface area (Å²) < 4.78 is 5.16. The molecule has 130 valence electrons. The summed E-state index contributed by atoms with van der Waals surface area (Å²) >= 11 is 0. The van der Waals surface area contributed by atoms with Crippen molar-refractivity contribution < 1.29 is 14.0 Å². The monoisotopic (exact) mass is 348 g/mol. The van der Waals surface area contributed by atoms with Gasteiger partial charge in [0.1, 0.15) is 0 Å².